The minimum absolute atomic E-state index is 0.0168. The smallest absolute Gasteiger partial charge is 0.0951 e. The lowest BCUT2D eigenvalue weighted by Crippen LogP contribution is -2.43. The predicted molar refractivity (Wildman–Crippen MR) is 63.3 cm³/mol. The highest BCUT2D eigenvalue weighted by molar-refractivity contribution is 5.09. The van der Waals surface area contributed by atoms with Crippen LogP contribution in [0, 0.1) is 13.8 Å². The van der Waals surface area contributed by atoms with Gasteiger partial charge in [0, 0.05) is 23.8 Å². The van der Waals surface area contributed by atoms with Crippen molar-refractivity contribution in [1.29, 1.82) is 0 Å². The maximum Gasteiger partial charge on any atom is 0.0951 e. The van der Waals surface area contributed by atoms with Crippen LogP contribution in [0.5, 0.6) is 0 Å². The molecular weight excluding hydrogens is 202 g/mol. The third-order valence-electron chi connectivity index (χ3n) is 3.52. The van der Waals surface area contributed by atoms with Crippen LogP contribution in [0.3, 0.4) is 0 Å². The molecule has 0 bridgehead atoms. The van der Waals surface area contributed by atoms with Gasteiger partial charge in [-0.3, -0.25) is 0 Å². The molecule has 16 heavy (non-hydrogen) atoms. The van der Waals surface area contributed by atoms with E-state index in [0.717, 1.165) is 25.1 Å². The molecule has 1 aromatic heterocycles. The Labute approximate surface area is 96.7 Å². The van der Waals surface area contributed by atoms with Gasteiger partial charge in [0.25, 0.3) is 0 Å². The molecule has 90 valence electrons. The van der Waals surface area contributed by atoms with E-state index >= 15 is 0 Å². The maximum absolute atomic E-state index is 9.25. The monoisotopic (exact) mass is 223 g/mol. The Bertz CT molecular complexity index is 368. The van der Waals surface area contributed by atoms with Crippen LogP contribution in [0.25, 0.3) is 0 Å². The van der Waals surface area contributed by atoms with Crippen LogP contribution < -0.4 is 5.32 Å². The van der Waals surface area contributed by atoms with Crippen molar-refractivity contribution in [2.45, 2.75) is 51.7 Å². The van der Waals surface area contributed by atoms with Gasteiger partial charge in [0.1, 0.15) is 0 Å². The van der Waals surface area contributed by atoms with Gasteiger partial charge in [0.2, 0.25) is 0 Å². The van der Waals surface area contributed by atoms with Crippen LogP contribution in [-0.2, 0) is 6.54 Å². The lowest BCUT2D eigenvalue weighted by atomic mass is 10.2. The van der Waals surface area contributed by atoms with Crippen LogP contribution in [0.15, 0.2) is 6.33 Å². The van der Waals surface area contributed by atoms with Gasteiger partial charge in [-0.1, -0.05) is 0 Å². The zero-order chi connectivity index (χ0) is 11.8. The van der Waals surface area contributed by atoms with Gasteiger partial charge in [-0.2, -0.15) is 0 Å². The first-order chi connectivity index (χ1) is 7.56. The number of imidazole rings is 1. The van der Waals surface area contributed by atoms with Gasteiger partial charge in [0.15, 0.2) is 0 Å². The van der Waals surface area contributed by atoms with E-state index in [2.05, 4.69) is 28.7 Å². The summed E-state index contributed by atoms with van der Waals surface area (Å²) in [6.45, 7) is 7.44. The second kappa shape index (κ2) is 4.18. The molecule has 0 amide bonds. The van der Waals surface area contributed by atoms with E-state index in [-0.39, 0.29) is 12.1 Å². The molecule has 0 saturated heterocycles. The van der Waals surface area contributed by atoms with Gasteiger partial charge < -0.3 is 15.0 Å². The van der Waals surface area contributed by atoms with Crippen LogP contribution in [-0.4, -0.2) is 32.8 Å². The summed E-state index contributed by atoms with van der Waals surface area (Å²) >= 11 is 0. The molecule has 1 saturated carbocycles. The van der Waals surface area contributed by atoms with Crippen molar-refractivity contribution in [3.05, 3.63) is 17.7 Å². The van der Waals surface area contributed by atoms with Crippen molar-refractivity contribution in [1.82, 2.24) is 14.9 Å². The van der Waals surface area contributed by atoms with Crippen LogP contribution in [0.4, 0.5) is 0 Å². The van der Waals surface area contributed by atoms with Gasteiger partial charge in [-0.05, 0) is 33.6 Å². The first-order valence-corrected chi connectivity index (χ1v) is 5.93. The van der Waals surface area contributed by atoms with Crippen molar-refractivity contribution in [2.75, 3.05) is 6.61 Å². The van der Waals surface area contributed by atoms with Crippen molar-refractivity contribution < 1.29 is 5.11 Å². The maximum atomic E-state index is 9.25. The molecule has 2 N–H and O–H groups in total. The van der Waals surface area contributed by atoms with Crippen molar-refractivity contribution in [2.24, 2.45) is 0 Å². The third kappa shape index (κ3) is 2.28. The summed E-state index contributed by atoms with van der Waals surface area (Å²) in [6.07, 6.45) is 4.08. The van der Waals surface area contributed by atoms with E-state index in [4.69, 9.17) is 0 Å². The number of nitrogens with zero attached hydrogens (tertiary/aromatic N) is 2. The second-order valence-corrected chi connectivity index (χ2v) is 5.05. The van der Waals surface area contributed by atoms with Crippen LogP contribution in [0.2, 0.25) is 0 Å². The Hall–Kier alpha value is -0.870. The average molecular weight is 223 g/mol. The number of nitrogens with one attached hydrogen (secondary N) is 1. The molecule has 2 rings (SSSR count). The molecule has 1 fully saturated rings. The fourth-order valence-electron chi connectivity index (χ4n) is 2.09. The molecule has 1 aromatic rings. The van der Waals surface area contributed by atoms with Gasteiger partial charge in [-0.25, -0.2) is 4.98 Å². The van der Waals surface area contributed by atoms with E-state index in [1.165, 1.54) is 5.69 Å². The van der Waals surface area contributed by atoms with Crippen LogP contribution in [0.1, 0.15) is 31.2 Å². The molecule has 4 nitrogen and oxygen atoms in total. The average Bonchev–Trinajstić information content (AvgIpc) is 2.96. The number of aromatic nitrogens is 2. The number of hydrogen-bond donors (Lipinski definition) is 2. The molecule has 1 heterocycles. The lowest BCUT2D eigenvalue weighted by molar-refractivity contribution is 0.216. The van der Waals surface area contributed by atoms with E-state index in [1.54, 1.807) is 0 Å². The minimum Gasteiger partial charge on any atom is -0.394 e. The van der Waals surface area contributed by atoms with E-state index in [9.17, 15) is 5.11 Å². The highest BCUT2D eigenvalue weighted by Crippen LogP contribution is 2.35. The third-order valence-corrected chi connectivity index (χ3v) is 3.52. The Balaban J connectivity index is 1.92. The van der Waals surface area contributed by atoms with Gasteiger partial charge in [-0.15, -0.1) is 0 Å². The molecule has 0 spiro atoms. The number of aliphatic hydroxyl groups excluding tert-OH is 1. The topological polar surface area (TPSA) is 50.1 Å². The zero-order valence-electron chi connectivity index (χ0n) is 10.3. The Morgan fingerprint density at radius 1 is 1.56 bits per heavy atom. The highest BCUT2D eigenvalue weighted by Gasteiger charge is 2.42. The number of hydrogen-bond acceptors (Lipinski definition) is 3. The first kappa shape index (κ1) is 11.6. The summed E-state index contributed by atoms with van der Waals surface area (Å²) in [6, 6.07) is 0.363. The summed E-state index contributed by atoms with van der Waals surface area (Å²) < 4.78 is 2.17. The summed E-state index contributed by atoms with van der Waals surface area (Å²) in [5, 5.41) is 12.8. The SMILES string of the molecule is Cc1ncn(CC(C)NC2(CO)CC2)c1C. The highest BCUT2D eigenvalue weighted by atomic mass is 16.3. The van der Waals surface area contributed by atoms with E-state index < -0.39 is 0 Å². The number of aliphatic hydroxyl groups is 1. The van der Waals surface area contributed by atoms with Gasteiger partial charge >= 0.3 is 0 Å². The minimum atomic E-state index is 0.0168. The summed E-state index contributed by atoms with van der Waals surface area (Å²) in [7, 11) is 0. The molecule has 0 aromatic carbocycles. The summed E-state index contributed by atoms with van der Waals surface area (Å²) in [4.78, 5) is 4.29. The fraction of sp³-hybridized carbons (Fsp3) is 0.750. The molecular formula is C12H21N3O. The fourth-order valence-corrected chi connectivity index (χ4v) is 2.09. The molecule has 1 aliphatic rings. The lowest BCUT2D eigenvalue weighted by Gasteiger charge is -2.21. The second-order valence-electron chi connectivity index (χ2n) is 5.05. The predicted octanol–water partition coefficient (Wildman–Crippen LogP) is 1.00. The normalized spacial score (nSPS) is 19.8. The Morgan fingerprint density at radius 2 is 2.25 bits per heavy atom. The van der Waals surface area contributed by atoms with E-state index in [1.807, 2.05) is 13.3 Å². The number of aryl methyl sites for hydroxylation is 1. The molecule has 4 heteroatoms. The summed E-state index contributed by atoms with van der Waals surface area (Å²) in [5.74, 6) is 0. The van der Waals surface area contributed by atoms with Crippen molar-refractivity contribution in [3.8, 4) is 0 Å². The van der Waals surface area contributed by atoms with Gasteiger partial charge in [0.05, 0.1) is 18.6 Å². The Morgan fingerprint density at radius 3 is 2.69 bits per heavy atom. The number of rotatable bonds is 5. The largest absolute Gasteiger partial charge is 0.394 e. The van der Waals surface area contributed by atoms with Crippen molar-refractivity contribution >= 4 is 0 Å². The molecule has 0 aliphatic heterocycles. The quantitative estimate of drug-likeness (QED) is 0.783. The van der Waals surface area contributed by atoms with Crippen molar-refractivity contribution in [3.63, 3.8) is 0 Å². The molecule has 1 unspecified atom stereocenters. The van der Waals surface area contributed by atoms with E-state index in [0.29, 0.717) is 6.04 Å². The van der Waals surface area contributed by atoms with Crippen LogP contribution >= 0.6 is 0 Å². The Kier molecular flexibility index (Phi) is 3.04. The molecule has 1 atom stereocenters. The zero-order valence-corrected chi connectivity index (χ0v) is 10.3. The molecule has 1 aliphatic carbocycles. The standard InChI is InChI=1S/C12H21N3O/c1-9(14-12(7-16)4-5-12)6-15-8-13-10(2)11(15)3/h8-9,14,16H,4-7H2,1-3H3. The first-order valence-electron chi connectivity index (χ1n) is 5.93. The molecule has 0 radical (unpaired) electrons. The summed E-state index contributed by atoms with van der Waals surface area (Å²) in [5.41, 5.74) is 2.33.